The van der Waals surface area contributed by atoms with Crippen LogP contribution in [0.4, 0.5) is 0 Å². The number of benzene rings is 1. The second-order valence-corrected chi connectivity index (χ2v) is 5.83. The smallest absolute Gasteiger partial charge is 0.119 e. The minimum Gasteiger partial charge on any atom is -0.497 e. The first-order valence-electron chi connectivity index (χ1n) is 7.62. The molecule has 2 nitrogen and oxygen atoms in total. The fourth-order valence-corrected chi connectivity index (χ4v) is 2.76. The molecule has 0 spiro atoms. The summed E-state index contributed by atoms with van der Waals surface area (Å²) in [6.45, 7) is 5.74. The number of ether oxygens (including phenoxy) is 1. The first-order chi connectivity index (χ1) is 9.24. The van der Waals surface area contributed by atoms with Gasteiger partial charge in [-0.1, -0.05) is 38.8 Å². The van der Waals surface area contributed by atoms with Crippen LogP contribution in [0, 0.1) is 5.92 Å². The van der Waals surface area contributed by atoms with E-state index in [2.05, 4.69) is 37.4 Å². The molecular weight excluding hydrogens is 234 g/mol. The van der Waals surface area contributed by atoms with Gasteiger partial charge in [0.2, 0.25) is 0 Å². The van der Waals surface area contributed by atoms with Crippen LogP contribution in [0.25, 0.3) is 0 Å². The average molecular weight is 261 g/mol. The molecule has 1 aliphatic rings. The molecule has 0 aromatic heterocycles. The molecular formula is C17H27NO. The van der Waals surface area contributed by atoms with Gasteiger partial charge in [0, 0.05) is 12.6 Å². The predicted molar refractivity (Wildman–Crippen MR) is 80.8 cm³/mol. The van der Waals surface area contributed by atoms with E-state index in [-0.39, 0.29) is 0 Å². The molecule has 0 amide bonds. The third-order valence-electron chi connectivity index (χ3n) is 4.16. The van der Waals surface area contributed by atoms with Crippen LogP contribution >= 0.6 is 0 Å². The van der Waals surface area contributed by atoms with Gasteiger partial charge in [-0.3, -0.25) is 0 Å². The zero-order valence-electron chi connectivity index (χ0n) is 12.5. The van der Waals surface area contributed by atoms with Crippen molar-refractivity contribution in [2.45, 2.75) is 51.5 Å². The van der Waals surface area contributed by atoms with Crippen molar-refractivity contribution < 1.29 is 4.74 Å². The van der Waals surface area contributed by atoms with Crippen LogP contribution in [0.1, 0.15) is 51.0 Å². The van der Waals surface area contributed by atoms with E-state index in [0.717, 1.165) is 18.3 Å². The minimum atomic E-state index is 0.593. The quantitative estimate of drug-likeness (QED) is 0.764. The summed E-state index contributed by atoms with van der Waals surface area (Å²) >= 11 is 0. The molecule has 1 N–H and O–H groups in total. The van der Waals surface area contributed by atoms with Crippen molar-refractivity contribution >= 4 is 0 Å². The summed E-state index contributed by atoms with van der Waals surface area (Å²) in [6.07, 6.45) is 5.25. The molecule has 2 unspecified atom stereocenters. The maximum atomic E-state index is 5.36. The monoisotopic (exact) mass is 261 g/mol. The van der Waals surface area contributed by atoms with Crippen molar-refractivity contribution in [3.8, 4) is 5.75 Å². The fraction of sp³-hybridized carbons (Fsp3) is 0.647. The molecule has 1 aromatic carbocycles. The Bertz CT molecular complexity index is 387. The maximum Gasteiger partial charge on any atom is 0.119 e. The lowest BCUT2D eigenvalue weighted by molar-refractivity contribution is 0.394. The fourth-order valence-electron chi connectivity index (χ4n) is 2.76. The number of hydrogen-bond acceptors (Lipinski definition) is 2. The third kappa shape index (κ3) is 4.24. The van der Waals surface area contributed by atoms with E-state index in [4.69, 9.17) is 4.74 Å². The van der Waals surface area contributed by atoms with E-state index in [1.54, 1.807) is 7.11 Å². The summed E-state index contributed by atoms with van der Waals surface area (Å²) in [6, 6.07) is 9.36. The normalized spacial score (nSPS) is 18.1. The largest absolute Gasteiger partial charge is 0.497 e. The summed E-state index contributed by atoms with van der Waals surface area (Å²) in [7, 11) is 1.74. The van der Waals surface area contributed by atoms with Gasteiger partial charge in [0.15, 0.2) is 0 Å². The lowest BCUT2D eigenvalue weighted by Crippen LogP contribution is -2.27. The Morgan fingerprint density at radius 1 is 1.37 bits per heavy atom. The zero-order chi connectivity index (χ0) is 13.7. The Morgan fingerprint density at radius 3 is 2.79 bits per heavy atom. The van der Waals surface area contributed by atoms with Crippen LogP contribution in [0.15, 0.2) is 24.3 Å². The number of rotatable bonds is 8. The summed E-state index contributed by atoms with van der Waals surface area (Å²) in [5.74, 6) is 2.27. The van der Waals surface area contributed by atoms with E-state index in [9.17, 15) is 0 Å². The summed E-state index contributed by atoms with van der Waals surface area (Å²) in [4.78, 5) is 0. The molecule has 106 valence electrons. The Labute approximate surface area is 117 Å². The van der Waals surface area contributed by atoms with Crippen molar-refractivity contribution in [2.24, 2.45) is 5.92 Å². The molecule has 2 heteroatoms. The first-order valence-corrected chi connectivity index (χ1v) is 7.62. The van der Waals surface area contributed by atoms with Crippen molar-refractivity contribution in [2.75, 3.05) is 13.7 Å². The van der Waals surface area contributed by atoms with E-state index in [1.165, 1.54) is 31.2 Å². The number of methoxy groups -OCH3 is 1. The SMILES string of the molecule is CCCC(C)C(CNC1CC1)c1cccc(OC)c1. The van der Waals surface area contributed by atoms with Gasteiger partial charge >= 0.3 is 0 Å². The molecule has 0 saturated heterocycles. The molecule has 1 aromatic rings. The lowest BCUT2D eigenvalue weighted by Gasteiger charge is -2.25. The van der Waals surface area contributed by atoms with Crippen molar-refractivity contribution in [3.63, 3.8) is 0 Å². The van der Waals surface area contributed by atoms with Crippen LogP contribution < -0.4 is 10.1 Å². The van der Waals surface area contributed by atoms with Gasteiger partial charge in [-0.15, -0.1) is 0 Å². The van der Waals surface area contributed by atoms with Crippen LogP contribution in [-0.2, 0) is 0 Å². The zero-order valence-corrected chi connectivity index (χ0v) is 12.5. The van der Waals surface area contributed by atoms with Gasteiger partial charge in [-0.05, 0) is 42.4 Å². The molecule has 0 bridgehead atoms. The first kappa shape index (κ1) is 14.4. The number of nitrogens with one attached hydrogen (secondary N) is 1. The van der Waals surface area contributed by atoms with E-state index >= 15 is 0 Å². The van der Waals surface area contributed by atoms with Gasteiger partial charge in [0.25, 0.3) is 0 Å². The highest BCUT2D eigenvalue weighted by atomic mass is 16.5. The topological polar surface area (TPSA) is 21.3 Å². The van der Waals surface area contributed by atoms with Crippen molar-refractivity contribution in [1.29, 1.82) is 0 Å². The van der Waals surface area contributed by atoms with Gasteiger partial charge in [0.1, 0.15) is 5.75 Å². The Morgan fingerprint density at radius 2 is 2.16 bits per heavy atom. The molecule has 0 aliphatic heterocycles. The molecule has 2 atom stereocenters. The molecule has 1 aliphatic carbocycles. The van der Waals surface area contributed by atoms with E-state index in [0.29, 0.717) is 11.8 Å². The Kier molecular flexibility index (Phi) is 5.26. The highest BCUT2D eigenvalue weighted by Crippen LogP contribution is 2.31. The highest BCUT2D eigenvalue weighted by Gasteiger charge is 2.25. The van der Waals surface area contributed by atoms with Gasteiger partial charge < -0.3 is 10.1 Å². The second kappa shape index (κ2) is 6.95. The third-order valence-corrected chi connectivity index (χ3v) is 4.16. The standard InChI is InChI=1S/C17H27NO/c1-4-6-13(2)17(12-18-15-9-10-15)14-7-5-8-16(11-14)19-3/h5,7-8,11,13,15,17-18H,4,6,9-10,12H2,1-3H3. The van der Waals surface area contributed by atoms with Crippen molar-refractivity contribution in [1.82, 2.24) is 5.32 Å². The molecule has 2 rings (SSSR count). The summed E-state index contributed by atoms with van der Waals surface area (Å²) in [5.41, 5.74) is 1.41. The van der Waals surface area contributed by atoms with Crippen LogP contribution in [-0.4, -0.2) is 19.7 Å². The van der Waals surface area contributed by atoms with Crippen LogP contribution in [0.5, 0.6) is 5.75 Å². The van der Waals surface area contributed by atoms with E-state index in [1.807, 2.05) is 6.07 Å². The minimum absolute atomic E-state index is 0.593. The molecule has 1 saturated carbocycles. The number of hydrogen-bond donors (Lipinski definition) is 1. The van der Waals surface area contributed by atoms with E-state index < -0.39 is 0 Å². The van der Waals surface area contributed by atoms with Crippen LogP contribution in [0.2, 0.25) is 0 Å². The summed E-state index contributed by atoms with van der Waals surface area (Å²) < 4.78 is 5.36. The lowest BCUT2D eigenvalue weighted by atomic mass is 9.84. The highest BCUT2D eigenvalue weighted by molar-refractivity contribution is 5.31. The van der Waals surface area contributed by atoms with Gasteiger partial charge in [0.05, 0.1) is 7.11 Å². The summed E-state index contributed by atoms with van der Waals surface area (Å²) in [5, 5.41) is 3.69. The van der Waals surface area contributed by atoms with Gasteiger partial charge in [-0.25, -0.2) is 0 Å². The second-order valence-electron chi connectivity index (χ2n) is 5.83. The van der Waals surface area contributed by atoms with Gasteiger partial charge in [-0.2, -0.15) is 0 Å². The van der Waals surface area contributed by atoms with Crippen LogP contribution in [0.3, 0.4) is 0 Å². The average Bonchev–Trinajstić information content (AvgIpc) is 3.24. The maximum absolute atomic E-state index is 5.36. The molecule has 0 heterocycles. The Hall–Kier alpha value is -1.02. The molecule has 19 heavy (non-hydrogen) atoms. The predicted octanol–water partition coefficient (Wildman–Crippen LogP) is 3.97. The molecule has 0 radical (unpaired) electrons. The van der Waals surface area contributed by atoms with Crippen molar-refractivity contribution in [3.05, 3.63) is 29.8 Å². The Balaban J connectivity index is 2.08. The molecule has 1 fully saturated rings.